The molecule has 1 aliphatic rings. The van der Waals surface area contributed by atoms with E-state index in [0.29, 0.717) is 18.8 Å². The van der Waals surface area contributed by atoms with E-state index in [9.17, 15) is 9.59 Å². The van der Waals surface area contributed by atoms with E-state index >= 15 is 0 Å². The fourth-order valence-electron chi connectivity index (χ4n) is 2.92. The zero-order valence-corrected chi connectivity index (χ0v) is 16.3. The standard InChI is InChI=1S/C20H23NO5S/c1-14(20(23)21-10-7-18-15(13-21)9-12-27-18)26-19(22)8-11-25-17-5-3-16(24-2)4-6-17/h3-6,9,12,14H,7-8,10-11,13H2,1-2H3. The Hall–Kier alpha value is -2.54. The molecule has 1 amide bonds. The SMILES string of the molecule is COc1ccc(OCCC(=O)OC(C)C(=O)N2CCc3sccc3C2)cc1. The largest absolute Gasteiger partial charge is 0.497 e. The minimum atomic E-state index is -0.793. The molecule has 0 fully saturated rings. The topological polar surface area (TPSA) is 65.1 Å². The highest BCUT2D eigenvalue weighted by Gasteiger charge is 2.27. The van der Waals surface area contributed by atoms with Crippen molar-refractivity contribution in [3.63, 3.8) is 0 Å². The highest BCUT2D eigenvalue weighted by molar-refractivity contribution is 7.10. The van der Waals surface area contributed by atoms with Gasteiger partial charge in [0.2, 0.25) is 0 Å². The van der Waals surface area contributed by atoms with Gasteiger partial charge >= 0.3 is 5.97 Å². The summed E-state index contributed by atoms with van der Waals surface area (Å²) in [6.45, 7) is 3.05. The summed E-state index contributed by atoms with van der Waals surface area (Å²) in [6, 6.07) is 9.15. The van der Waals surface area contributed by atoms with Crippen LogP contribution < -0.4 is 9.47 Å². The molecule has 1 atom stereocenters. The third-order valence-electron chi connectivity index (χ3n) is 4.41. The van der Waals surface area contributed by atoms with Crippen LogP contribution in [0.1, 0.15) is 23.8 Å². The van der Waals surface area contributed by atoms with Crippen LogP contribution in [-0.2, 0) is 27.3 Å². The molecule has 1 aliphatic heterocycles. The predicted octanol–water partition coefficient (Wildman–Crippen LogP) is 3.04. The van der Waals surface area contributed by atoms with Gasteiger partial charge in [-0.2, -0.15) is 0 Å². The highest BCUT2D eigenvalue weighted by Crippen LogP contribution is 2.24. The van der Waals surface area contributed by atoms with Crippen LogP contribution in [0.5, 0.6) is 11.5 Å². The monoisotopic (exact) mass is 389 g/mol. The van der Waals surface area contributed by atoms with Crippen molar-refractivity contribution in [2.24, 2.45) is 0 Å². The Morgan fingerprint density at radius 2 is 1.93 bits per heavy atom. The zero-order chi connectivity index (χ0) is 19.2. The minimum Gasteiger partial charge on any atom is -0.497 e. The van der Waals surface area contributed by atoms with Crippen LogP contribution in [0.15, 0.2) is 35.7 Å². The number of amides is 1. The van der Waals surface area contributed by atoms with Crippen molar-refractivity contribution in [1.82, 2.24) is 4.90 Å². The Bertz CT molecular complexity index is 786. The Balaban J connectivity index is 1.41. The Kier molecular flexibility index (Phi) is 6.34. The maximum Gasteiger partial charge on any atom is 0.310 e. The predicted molar refractivity (Wildman–Crippen MR) is 102 cm³/mol. The van der Waals surface area contributed by atoms with Crippen molar-refractivity contribution in [2.45, 2.75) is 32.4 Å². The van der Waals surface area contributed by atoms with Crippen LogP contribution in [0.2, 0.25) is 0 Å². The highest BCUT2D eigenvalue weighted by atomic mass is 32.1. The summed E-state index contributed by atoms with van der Waals surface area (Å²) >= 11 is 1.72. The van der Waals surface area contributed by atoms with Gasteiger partial charge in [0.15, 0.2) is 6.10 Å². The summed E-state index contributed by atoms with van der Waals surface area (Å²) in [7, 11) is 1.59. The molecule has 0 spiro atoms. The lowest BCUT2D eigenvalue weighted by Gasteiger charge is -2.29. The van der Waals surface area contributed by atoms with Gasteiger partial charge < -0.3 is 19.1 Å². The zero-order valence-electron chi connectivity index (χ0n) is 15.5. The molecule has 27 heavy (non-hydrogen) atoms. The molecule has 0 N–H and O–H groups in total. The number of esters is 1. The number of ether oxygens (including phenoxy) is 3. The van der Waals surface area contributed by atoms with E-state index in [1.54, 1.807) is 54.5 Å². The lowest BCUT2D eigenvalue weighted by molar-refractivity contribution is -0.159. The lowest BCUT2D eigenvalue weighted by atomic mass is 10.1. The molecule has 1 aromatic heterocycles. The van der Waals surface area contributed by atoms with Crippen LogP contribution in [0.4, 0.5) is 0 Å². The molecule has 144 valence electrons. The van der Waals surface area contributed by atoms with Crippen molar-refractivity contribution >= 4 is 23.2 Å². The molecule has 0 saturated heterocycles. The van der Waals surface area contributed by atoms with E-state index in [2.05, 4.69) is 0 Å². The molecule has 3 rings (SSSR count). The molecular weight excluding hydrogens is 366 g/mol. The first-order valence-electron chi connectivity index (χ1n) is 8.87. The molecule has 0 aliphatic carbocycles. The van der Waals surface area contributed by atoms with E-state index < -0.39 is 12.1 Å². The maximum absolute atomic E-state index is 12.5. The Labute approximate surface area is 162 Å². The number of thiophene rings is 1. The number of carbonyl (C=O) groups excluding carboxylic acids is 2. The summed E-state index contributed by atoms with van der Waals surface area (Å²) in [4.78, 5) is 27.6. The third kappa shape index (κ3) is 5.01. The van der Waals surface area contributed by atoms with E-state index in [0.717, 1.165) is 12.2 Å². The summed E-state index contributed by atoms with van der Waals surface area (Å²) < 4.78 is 15.9. The van der Waals surface area contributed by atoms with E-state index in [1.807, 2.05) is 11.4 Å². The minimum absolute atomic E-state index is 0.0817. The third-order valence-corrected chi connectivity index (χ3v) is 5.43. The van der Waals surface area contributed by atoms with E-state index in [1.165, 1.54) is 10.4 Å². The van der Waals surface area contributed by atoms with Crippen LogP contribution in [0, 0.1) is 0 Å². The molecule has 0 radical (unpaired) electrons. The van der Waals surface area contributed by atoms with Crippen LogP contribution in [0.3, 0.4) is 0 Å². The van der Waals surface area contributed by atoms with Gasteiger partial charge in [-0.25, -0.2) is 0 Å². The average molecular weight is 389 g/mol. The van der Waals surface area contributed by atoms with Crippen molar-refractivity contribution in [3.8, 4) is 11.5 Å². The molecule has 2 heterocycles. The first-order chi connectivity index (χ1) is 13.1. The van der Waals surface area contributed by atoms with Gasteiger partial charge in [-0.1, -0.05) is 0 Å². The normalized spacial score (nSPS) is 14.2. The average Bonchev–Trinajstić information content (AvgIpc) is 3.15. The second-order valence-corrected chi connectivity index (χ2v) is 7.29. The number of carbonyl (C=O) groups is 2. The van der Waals surface area contributed by atoms with Gasteiger partial charge in [0.05, 0.1) is 20.1 Å². The summed E-state index contributed by atoms with van der Waals surface area (Å²) in [5.41, 5.74) is 1.19. The van der Waals surface area contributed by atoms with Gasteiger partial charge in [0.25, 0.3) is 5.91 Å². The van der Waals surface area contributed by atoms with Crippen LogP contribution in [-0.4, -0.2) is 43.1 Å². The molecule has 7 heteroatoms. The van der Waals surface area contributed by atoms with Crippen LogP contribution in [0.25, 0.3) is 0 Å². The molecule has 0 saturated carbocycles. The van der Waals surface area contributed by atoms with E-state index in [-0.39, 0.29) is 18.9 Å². The molecule has 2 aromatic rings. The maximum atomic E-state index is 12.5. The number of fused-ring (bicyclic) bond motifs is 1. The number of hydrogen-bond donors (Lipinski definition) is 0. The number of rotatable bonds is 7. The summed E-state index contributed by atoms with van der Waals surface area (Å²) in [6.07, 6.45) is 0.145. The molecule has 0 bridgehead atoms. The first-order valence-corrected chi connectivity index (χ1v) is 9.75. The quantitative estimate of drug-likeness (QED) is 0.681. The van der Waals surface area contributed by atoms with Crippen molar-refractivity contribution in [3.05, 3.63) is 46.2 Å². The summed E-state index contributed by atoms with van der Waals surface area (Å²) in [5.74, 6) is 0.780. The van der Waals surface area contributed by atoms with Crippen LogP contribution >= 0.6 is 11.3 Å². The first kappa shape index (κ1) is 19.2. The number of methoxy groups -OCH3 is 1. The molecule has 1 unspecified atom stereocenters. The van der Waals surface area contributed by atoms with E-state index in [4.69, 9.17) is 14.2 Å². The fourth-order valence-corrected chi connectivity index (χ4v) is 3.81. The summed E-state index contributed by atoms with van der Waals surface area (Å²) in [5, 5.41) is 2.05. The second-order valence-electron chi connectivity index (χ2n) is 6.28. The number of benzene rings is 1. The van der Waals surface area contributed by atoms with Gasteiger partial charge in [0, 0.05) is 18.0 Å². The molecular formula is C20H23NO5S. The molecule has 6 nitrogen and oxygen atoms in total. The van der Waals surface area contributed by atoms with Crippen molar-refractivity contribution in [1.29, 1.82) is 0 Å². The lowest BCUT2D eigenvalue weighted by Crippen LogP contribution is -2.42. The fraction of sp³-hybridized carbons (Fsp3) is 0.400. The van der Waals surface area contributed by atoms with Crippen molar-refractivity contribution < 1.29 is 23.8 Å². The smallest absolute Gasteiger partial charge is 0.310 e. The van der Waals surface area contributed by atoms with Gasteiger partial charge in [-0.15, -0.1) is 11.3 Å². The Morgan fingerprint density at radius 1 is 1.19 bits per heavy atom. The van der Waals surface area contributed by atoms with Gasteiger partial charge in [0.1, 0.15) is 11.5 Å². The second kappa shape index (κ2) is 8.90. The van der Waals surface area contributed by atoms with Crippen molar-refractivity contribution in [2.75, 3.05) is 20.3 Å². The molecule has 1 aromatic carbocycles. The van der Waals surface area contributed by atoms with Gasteiger partial charge in [-0.05, 0) is 54.6 Å². The Morgan fingerprint density at radius 3 is 2.67 bits per heavy atom. The number of hydrogen-bond acceptors (Lipinski definition) is 6. The number of nitrogens with zero attached hydrogens (tertiary/aromatic N) is 1. The van der Waals surface area contributed by atoms with Gasteiger partial charge in [-0.3, -0.25) is 9.59 Å².